The van der Waals surface area contributed by atoms with E-state index in [-0.39, 0.29) is 11.5 Å². The van der Waals surface area contributed by atoms with Crippen molar-refractivity contribution in [3.63, 3.8) is 0 Å². The maximum absolute atomic E-state index is 6.20. The van der Waals surface area contributed by atoms with E-state index in [0.717, 1.165) is 13.0 Å². The van der Waals surface area contributed by atoms with Crippen LogP contribution in [0.3, 0.4) is 0 Å². The second-order valence-electron chi connectivity index (χ2n) is 7.48. The van der Waals surface area contributed by atoms with Crippen molar-refractivity contribution in [2.45, 2.75) is 37.6 Å². The lowest BCUT2D eigenvalue weighted by Gasteiger charge is -2.49. The second-order valence-corrected chi connectivity index (χ2v) is 7.48. The Balaban J connectivity index is 2.01. The molecule has 3 aromatic rings. The van der Waals surface area contributed by atoms with E-state index in [0.29, 0.717) is 6.61 Å². The number of benzene rings is 3. The maximum Gasteiger partial charge on any atom is 0.0657 e. The van der Waals surface area contributed by atoms with Gasteiger partial charge in [0.25, 0.3) is 0 Å². The molecule has 144 valence electrons. The zero-order valence-corrected chi connectivity index (χ0v) is 16.6. The molecule has 1 heterocycles. The lowest BCUT2D eigenvalue weighted by atomic mass is 9.63. The second kappa shape index (κ2) is 8.72. The van der Waals surface area contributed by atoms with E-state index in [1.54, 1.807) is 0 Å². The molecule has 2 nitrogen and oxygen atoms in total. The van der Waals surface area contributed by atoms with Gasteiger partial charge in [0.1, 0.15) is 0 Å². The van der Waals surface area contributed by atoms with E-state index in [4.69, 9.17) is 4.84 Å². The number of hydrogen-bond donors (Lipinski definition) is 0. The van der Waals surface area contributed by atoms with Crippen molar-refractivity contribution in [3.8, 4) is 0 Å². The van der Waals surface area contributed by atoms with Crippen molar-refractivity contribution in [1.29, 1.82) is 0 Å². The molecular formula is C26H29NO. The summed E-state index contributed by atoms with van der Waals surface area (Å²) >= 11 is 0. The van der Waals surface area contributed by atoms with Crippen LogP contribution in [0.15, 0.2) is 91.0 Å². The molecule has 0 spiro atoms. The van der Waals surface area contributed by atoms with Crippen LogP contribution in [-0.2, 0) is 10.3 Å². The molecule has 0 N–H and O–H groups in total. The van der Waals surface area contributed by atoms with Crippen molar-refractivity contribution < 1.29 is 4.84 Å². The van der Waals surface area contributed by atoms with Gasteiger partial charge < -0.3 is 0 Å². The molecule has 0 aromatic heterocycles. The van der Waals surface area contributed by atoms with Gasteiger partial charge in [0, 0.05) is 6.54 Å². The zero-order valence-electron chi connectivity index (χ0n) is 16.6. The fourth-order valence-corrected chi connectivity index (χ4v) is 4.84. The summed E-state index contributed by atoms with van der Waals surface area (Å²) in [5, 5.41) is 2.26. The Morgan fingerprint density at radius 1 is 0.750 bits per heavy atom. The number of piperidine rings is 1. The lowest BCUT2D eigenvalue weighted by Crippen LogP contribution is -2.54. The number of hydroxylamine groups is 2. The predicted molar refractivity (Wildman–Crippen MR) is 115 cm³/mol. The number of nitrogens with zero attached hydrogens (tertiary/aromatic N) is 1. The maximum atomic E-state index is 6.20. The van der Waals surface area contributed by atoms with Gasteiger partial charge in [-0.1, -0.05) is 97.4 Å². The first-order chi connectivity index (χ1) is 13.9. The molecule has 0 aliphatic carbocycles. The van der Waals surface area contributed by atoms with Crippen LogP contribution >= 0.6 is 0 Å². The first-order valence-corrected chi connectivity index (χ1v) is 10.4. The van der Waals surface area contributed by atoms with Gasteiger partial charge in [-0.2, -0.15) is 5.06 Å². The van der Waals surface area contributed by atoms with Gasteiger partial charge in [0.05, 0.1) is 18.1 Å². The number of hydrogen-bond acceptors (Lipinski definition) is 2. The molecule has 0 amide bonds. The third kappa shape index (κ3) is 3.39. The molecule has 1 fully saturated rings. The smallest absolute Gasteiger partial charge is 0.0657 e. The van der Waals surface area contributed by atoms with Gasteiger partial charge >= 0.3 is 0 Å². The molecule has 1 unspecified atom stereocenters. The lowest BCUT2D eigenvalue weighted by molar-refractivity contribution is -0.203. The Hall–Kier alpha value is -2.42. The summed E-state index contributed by atoms with van der Waals surface area (Å²) in [4.78, 5) is 6.20. The van der Waals surface area contributed by atoms with Crippen LogP contribution in [0.2, 0.25) is 0 Å². The van der Waals surface area contributed by atoms with Crippen molar-refractivity contribution in [2.24, 2.45) is 0 Å². The van der Waals surface area contributed by atoms with Crippen LogP contribution in [0, 0.1) is 0 Å². The Kier molecular flexibility index (Phi) is 5.90. The molecule has 4 rings (SSSR count). The molecule has 28 heavy (non-hydrogen) atoms. The fraction of sp³-hybridized carbons (Fsp3) is 0.308. The van der Waals surface area contributed by atoms with Crippen molar-refractivity contribution in [1.82, 2.24) is 5.06 Å². The molecular weight excluding hydrogens is 342 g/mol. The van der Waals surface area contributed by atoms with E-state index >= 15 is 0 Å². The van der Waals surface area contributed by atoms with Crippen molar-refractivity contribution >= 4 is 0 Å². The minimum Gasteiger partial charge on any atom is -0.299 e. The average Bonchev–Trinajstić information content (AvgIpc) is 2.78. The molecule has 1 saturated heterocycles. The molecule has 2 heteroatoms. The van der Waals surface area contributed by atoms with Crippen molar-refractivity contribution in [3.05, 3.63) is 108 Å². The molecule has 1 aliphatic heterocycles. The average molecular weight is 372 g/mol. The monoisotopic (exact) mass is 371 g/mol. The number of rotatable bonds is 6. The minimum atomic E-state index is -0.278. The third-order valence-electron chi connectivity index (χ3n) is 5.94. The minimum absolute atomic E-state index is 0.244. The van der Waals surface area contributed by atoms with E-state index in [2.05, 4.69) is 103 Å². The first-order valence-electron chi connectivity index (χ1n) is 10.4. The van der Waals surface area contributed by atoms with E-state index in [1.165, 1.54) is 29.5 Å². The summed E-state index contributed by atoms with van der Waals surface area (Å²) in [5.74, 6) is 0. The largest absolute Gasteiger partial charge is 0.299 e. The van der Waals surface area contributed by atoms with E-state index in [1.807, 2.05) is 0 Å². The predicted octanol–water partition coefficient (Wildman–Crippen LogP) is 5.83. The van der Waals surface area contributed by atoms with Crippen LogP contribution in [-0.4, -0.2) is 24.3 Å². The van der Waals surface area contributed by atoms with Gasteiger partial charge in [0.2, 0.25) is 0 Å². The Bertz CT molecular complexity index is 749. The molecule has 0 bridgehead atoms. The van der Waals surface area contributed by atoms with E-state index < -0.39 is 0 Å². The fourth-order valence-electron chi connectivity index (χ4n) is 4.84. The topological polar surface area (TPSA) is 12.5 Å². The Morgan fingerprint density at radius 3 is 1.64 bits per heavy atom. The normalized spacial score (nSPS) is 18.1. The molecule has 3 aromatic carbocycles. The van der Waals surface area contributed by atoms with Gasteiger partial charge in [-0.15, -0.1) is 0 Å². The van der Waals surface area contributed by atoms with Gasteiger partial charge in [-0.25, -0.2) is 0 Å². The van der Waals surface area contributed by atoms with Crippen LogP contribution < -0.4 is 0 Å². The summed E-state index contributed by atoms with van der Waals surface area (Å²) in [7, 11) is 0. The summed E-state index contributed by atoms with van der Waals surface area (Å²) in [6.07, 6.45) is 3.52. The quantitative estimate of drug-likeness (QED) is 0.506. The van der Waals surface area contributed by atoms with Crippen LogP contribution in [0.5, 0.6) is 0 Å². The van der Waals surface area contributed by atoms with Crippen molar-refractivity contribution in [2.75, 3.05) is 13.2 Å². The first kappa shape index (κ1) is 18.9. The van der Waals surface area contributed by atoms with Gasteiger partial charge in [-0.05, 0) is 36.5 Å². The van der Waals surface area contributed by atoms with Crippen LogP contribution in [0.25, 0.3) is 0 Å². The molecule has 1 atom stereocenters. The molecule has 0 saturated carbocycles. The Labute approximate surface area is 168 Å². The Morgan fingerprint density at radius 2 is 1.21 bits per heavy atom. The zero-order chi connectivity index (χ0) is 19.2. The highest BCUT2D eigenvalue weighted by atomic mass is 16.7. The highest BCUT2D eigenvalue weighted by Gasteiger charge is 2.47. The van der Waals surface area contributed by atoms with Gasteiger partial charge in [0.15, 0.2) is 0 Å². The summed E-state index contributed by atoms with van der Waals surface area (Å²) in [6, 6.07) is 33.2. The summed E-state index contributed by atoms with van der Waals surface area (Å²) < 4.78 is 0. The molecule has 1 aliphatic rings. The van der Waals surface area contributed by atoms with Crippen LogP contribution in [0.4, 0.5) is 0 Å². The highest BCUT2D eigenvalue weighted by molar-refractivity contribution is 5.52. The summed E-state index contributed by atoms with van der Waals surface area (Å²) in [5.41, 5.74) is 3.69. The third-order valence-corrected chi connectivity index (χ3v) is 5.94. The summed E-state index contributed by atoms with van der Waals surface area (Å²) in [6.45, 7) is 3.76. The standard InChI is InChI=1S/C26H29NO/c1-2-28-27-21-13-12-20-25(27)26(22-14-6-3-7-15-22,23-16-8-4-9-17-23)24-18-10-5-11-19-24/h3-11,14-19,25H,2,12-13,20-21H2,1H3. The SMILES string of the molecule is CCON1CCCCC1C(c1ccccc1)(c1ccccc1)c1ccccc1. The molecule has 0 radical (unpaired) electrons. The van der Waals surface area contributed by atoms with E-state index in [9.17, 15) is 0 Å². The highest BCUT2D eigenvalue weighted by Crippen LogP contribution is 2.46. The van der Waals surface area contributed by atoms with Crippen LogP contribution in [0.1, 0.15) is 42.9 Å². The van der Waals surface area contributed by atoms with Gasteiger partial charge in [-0.3, -0.25) is 4.84 Å².